The average molecular weight is 448 g/mol. The molecule has 1 aliphatic rings. The van der Waals surface area contributed by atoms with Crippen LogP contribution in [0.2, 0.25) is 0 Å². The number of rotatable bonds is 6. The number of carbonyl (C=O) groups excluding carboxylic acids is 1. The van der Waals surface area contributed by atoms with Crippen LogP contribution in [0, 0.1) is 5.82 Å². The summed E-state index contributed by atoms with van der Waals surface area (Å²) in [6.07, 6.45) is 6.23. The fraction of sp³-hybridized carbons (Fsp3) is 0.409. The van der Waals surface area contributed by atoms with E-state index in [-0.39, 0.29) is 29.8 Å². The number of anilines is 1. The topological polar surface area (TPSA) is 89.5 Å². The first-order valence-corrected chi connectivity index (χ1v) is 11.9. The molecule has 0 amide bonds. The summed E-state index contributed by atoms with van der Waals surface area (Å²) in [5.74, 6) is -0.638. The number of cyclic esters (lactones) is 1. The molecule has 1 aliphatic heterocycles. The molecule has 2 aromatic rings. The summed E-state index contributed by atoms with van der Waals surface area (Å²) < 4.78 is 44.1. The highest BCUT2D eigenvalue weighted by Crippen LogP contribution is 2.32. The summed E-state index contributed by atoms with van der Waals surface area (Å²) in [7, 11) is -2.19. The van der Waals surface area contributed by atoms with E-state index in [4.69, 9.17) is 4.74 Å². The molecule has 0 unspecified atom stereocenters. The van der Waals surface area contributed by atoms with Gasteiger partial charge in [0.1, 0.15) is 11.9 Å². The van der Waals surface area contributed by atoms with Crippen LogP contribution in [0.3, 0.4) is 0 Å². The van der Waals surface area contributed by atoms with Crippen molar-refractivity contribution in [1.82, 2.24) is 9.97 Å². The highest BCUT2D eigenvalue weighted by molar-refractivity contribution is 7.92. The van der Waals surface area contributed by atoms with Gasteiger partial charge < -0.3 is 4.74 Å². The van der Waals surface area contributed by atoms with E-state index in [1.165, 1.54) is 19.2 Å². The molecule has 0 N–H and O–H groups in total. The molecule has 0 bridgehead atoms. The lowest BCUT2D eigenvalue weighted by Gasteiger charge is -2.21. The van der Waals surface area contributed by atoms with Gasteiger partial charge in [0.15, 0.2) is 0 Å². The zero-order valence-electron chi connectivity index (χ0n) is 18.0. The Balaban J connectivity index is 2.18. The van der Waals surface area contributed by atoms with Crippen molar-refractivity contribution in [2.75, 3.05) is 17.6 Å². The molecular formula is C22H26FN3O4S. The minimum atomic E-state index is -3.58. The lowest BCUT2D eigenvalue weighted by atomic mass is 9.97. The van der Waals surface area contributed by atoms with E-state index in [2.05, 4.69) is 9.97 Å². The third-order valence-electron chi connectivity index (χ3n) is 5.04. The summed E-state index contributed by atoms with van der Waals surface area (Å²) in [6.45, 7) is 3.89. The molecule has 0 aliphatic carbocycles. The zero-order chi connectivity index (χ0) is 22.8. The monoisotopic (exact) mass is 447 g/mol. The van der Waals surface area contributed by atoms with Gasteiger partial charge in [-0.25, -0.2) is 27.1 Å². The fourth-order valence-corrected chi connectivity index (χ4v) is 3.65. The van der Waals surface area contributed by atoms with Crippen molar-refractivity contribution >= 4 is 28.0 Å². The van der Waals surface area contributed by atoms with E-state index in [9.17, 15) is 17.6 Å². The third-order valence-corrected chi connectivity index (χ3v) is 6.20. The van der Waals surface area contributed by atoms with Crippen molar-refractivity contribution in [3.05, 3.63) is 47.4 Å². The maximum Gasteiger partial charge on any atom is 0.306 e. The second kappa shape index (κ2) is 9.13. The van der Waals surface area contributed by atoms with Crippen molar-refractivity contribution in [3.63, 3.8) is 0 Å². The molecule has 31 heavy (non-hydrogen) atoms. The predicted octanol–water partition coefficient (Wildman–Crippen LogP) is 3.91. The van der Waals surface area contributed by atoms with Gasteiger partial charge >= 0.3 is 5.97 Å². The quantitative estimate of drug-likeness (QED) is 0.624. The summed E-state index contributed by atoms with van der Waals surface area (Å²) in [4.78, 5) is 20.7. The number of carbonyl (C=O) groups is 1. The van der Waals surface area contributed by atoms with Crippen molar-refractivity contribution < 1.29 is 22.3 Å². The molecular weight excluding hydrogens is 421 g/mol. The maximum atomic E-state index is 13.5. The first-order chi connectivity index (χ1) is 14.6. The molecule has 9 heteroatoms. The van der Waals surface area contributed by atoms with Gasteiger partial charge in [-0.05, 0) is 49.1 Å². The average Bonchev–Trinajstić information content (AvgIpc) is 2.71. The third kappa shape index (κ3) is 5.46. The summed E-state index contributed by atoms with van der Waals surface area (Å²) in [5.41, 5.74) is 2.41. The number of nitrogens with zero attached hydrogens (tertiary/aromatic N) is 3. The van der Waals surface area contributed by atoms with Crippen LogP contribution in [0.5, 0.6) is 0 Å². The largest absolute Gasteiger partial charge is 0.458 e. The molecule has 1 fully saturated rings. The molecule has 166 valence electrons. The fourth-order valence-electron chi connectivity index (χ4n) is 3.27. The highest BCUT2D eigenvalue weighted by Gasteiger charge is 2.23. The first kappa shape index (κ1) is 22.9. The van der Waals surface area contributed by atoms with Gasteiger partial charge in [0.05, 0.1) is 17.6 Å². The van der Waals surface area contributed by atoms with E-state index in [1.54, 1.807) is 18.2 Å². The van der Waals surface area contributed by atoms with E-state index < -0.39 is 10.0 Å². The van der Waals surface area contributed by atoms with E-state index in [1.807, 2.05) is 19.9 Å². The van der Waals surface area contributed by atoms with Gasteiger partial charge in [-0.1, -0.05) is 19.9 Å². The summed E-state index contributed by atoms with van der Waals surface area (Å²) >= 11 is 0. The Labute approximate surface area is 182 Å². The van der Waals surface area contributed by atoms with Crippen LogP contribution in [0.4, 0.5) is 10.3 Å². The summed E-state index contributed by atoms with van der Waals surface area (Å²) in [6, 6.07) is 5.82. The number of hydrogen-bond acceptors (Lipinski definition) is 6. The van der Waals surface area contributed by atoms with Crippen molar-refractivity contribution in [1.29, 1.82) is 0 Å². The van der Waals surface area contributed by atoms with Crippen molar-refractivity contribution in [2.45, 2.75) is 45.1 Å². The molecule has 1 aromatic heterocycles. The number of esters is 1. The van der Waals surface area contributed by atoms with Crippen LogP contribution < -0.4 is 4.31 Å². The Hall–Kier alpha value is -2.81. The SMILES string of the molecule is CC(C)c1nc(N(C)S(C)(=O)=O)nc(-c2ccc(F)cc2)c1/C=C/[C@@H]1CCCC(=O)O1. The van der Waals surface area contributed by atoms with Crippen LogP contribution in [0.1, 0.15) is 50.3 Å². The minimum Gasteiger partial charge on any atom is -0.458 e. The normalized spacial score (nSPS) is 17.2. The van der Waals surface area contributed by atoms with Crippen molar-refractivity contribution in [3.8, 4) is 11.3 Å². The van der Waals surface area contributed by atoms with E-state index >= 15 is 0 Å². The summed E-state index contributed by atoms with van der Waals surface area (Å²) in [5, 5.41) is 0. The Morgan fingerprint density at radius 1 is 1.23 bits per heavy atom. The van der Waals surface area contributed by atoms with Gasteiger partial charge in [0.2, 0.25) is 16.0 Å². The molecule has 1 atom stereocenters. The Morgan fingerprint density at radius 3 is 2.48 bits per heavy atom. The molecule has 1 saturated heterocycles. The van der Waals surface area contributed by atoms with Crippen molar-refractivity contribution in [2.24, 2.45) is 0 Å². The van der Waals surface area contributed by atoms with Gasteiger partial charge in [0.25, 0.3) is 0 Å². The second-order valence-corrected chi connectivity index (χ2v) is 9.86. The maximum absolute atomic E-state index is 13.5. The predicted molar refractivity (Wildman–Crippen MR) is 118 cm³/mol. The number of benzene rings is 1. The lowest BCUT2D eigenvalue weighted by Crippen LogP contribution is -2.27. The molecule has 0 radical (unpaired) electrons. The van der Waals surface area contributed by atoms with Crippen LogP contribution in [0.25, 0.3) is 17.3 Å². The molecule has 0 saturated carbocycles. The number of hydrogen-bond donors (Lipinski definition) is 0. The smallest absolute Gasteiger partial charge is 0.306 e. The Morgan fingerprint density at radius 2 is 1.90 bits per heavy atom. The number of ether oxygens (including phenoxy) is 1. The Bertz CT molecular complexity index is 1100. The number of halogens is 1. The molecule has 7 nitrogen and oxygen atoms in total. The number of aromatic nitrogens is 2. The second-order valence-electron chi connectivity index (χ2n) is 7.84. The first-order valence-electron chi connectivity index (χ1n) is 10.1. The minimum absolute atomic E-state index is 0.0340. The molecule has 3 rings (SSSR count). The number of sulfonamides is 1. The van der Waals surface area contributed by atoms with E-state index in [0.717, 1.165) is 23.4 Å². The van der Waals surface area contributed by atoms with E-state index in [0.29, 0.717) is 28.9 Å². The Kier molecular flexibility index (Phi) is 6.74. The van der Waals surface area contributed by atoms with Crippen LogP contribution in [-0.4, -0.2) is 43.8 Å². The standard InChI is InChI=1S/C22H26FN3O4S/c1-14(2)20-18(13-12-17-6-5-7-19(27)30-17)21(15-8-10-16(23)11-9-15)25-22(24-20)26(3)31(4,28)29/h8-14,17H,5-7H2,1-4H3/b13-12+/t17-/m0/s1. The van der Waals surface area contributed by atoms with Gasteiger partial charge in [0, 0.05) is 24.6 Å². The van der Waals surface area contributed by atoms with Gasteiger partial charge in [-0.3, -0.25) is 4.79 Å². The zero-order valence-corrected chi connectivity index (χ0v) is 18.8. The van der Waals surface area contributed by atoms with Gasteiger partial charge in [-0.15, -0.1) is 0 Å². The molecule has 0 spiro atoms. The lowest BCUT2D eigenvalue weighted by molar-refractivity contribution is -0.150. The van der Waals surface area contributed by atoms with Crippen LogP contribution in [0.15, 0.2) is 30.3 Å². The molecule has 1 aromatic carbocycles. The molecule has 2 heterocycles. The van der Waals surface area contributed by atoms with Crippen LogP contribution >= 0.6 is 0 Å². The van der Waals surface area contributed by atoms with Gasteiger partial charge in [-0.2, -0.15) is 0 Å². The highest BCUT2D eigenvalue weighted by atomic mass is 32.2. The van der Waals surface area contributed by atoms with Crippen LogP contribution in [-0.2, 0) is 19.6 Å².